The van der Waals surface area contributed by atoms with E-state index in [1.807, 2.05) is 11.3 Å². The Morgan fingerprint density at radius 3 is 2.06 bits per heavy atom. The summed E-state index contributed by atoms with van der Waals surface area (Å²) in [6.07, 6.45) is 2.16. The largest absolute Gasteiger partial charge is 0.246 e. The van der Waals surface area contributed by atoms with Gasteiger partial charge in [0.15, 0.2) is 0 Å². The number of rotatable bonds is 3. The van der Waals surface area contributed by atoms with Crippen LogP contribution in [-0.2, 0) is 12.8 Å². The molecule has 2 aromatic rings. The second-order valence-electron chi connectivity index (χ2n) is 5.13. The van der Waals surface area contributed by atoms with Gasteiger partial charge in [0.05, 0.1) is 10.7 Å². The first-order chi connectivity index (χ1) is 8.47. The average Bonchev–Trinajstić information content (AvgIpc) is 2.56. The highest BCUT2D eigenvalue weighted by Crippen LogP contribution is 2.21. The third-order valence-electron chi connectivity index (χ3n) is 3.50. The monoisotopic (exact) mass is 259 g/mol. The Balaban J connectivity index is 2.15. The van der Waals surface area contributed by atoms with Crippen LogP contribution in [0.2, 0.25) is 0 Å². The van der Waals surface area contributed by atoms with Crippen molar-refractivity contribution in [1.29, 1.82) is 0 Å². The van der Waals surface area contributed by atoms with Gasteiger partial charge in [0, 0.05) is 11.3 Å². The Morgan fingerprint density at radius 1 is 0.944 bits per heavy atom. The zero-order chi connectivity index (χ0) is 13.3. The summed E-state index contributed by atoms with van der Waals surface area (Å²) in [5.41, 5.74) is 6.86. The second-order valence-corrected chi connectivity index (χ2v) is 6.41. The van der Waals surface area contributed by atoms with Crippen molar-refractivity contribution in [2.45, 2.75) is 47.5 Å². The molecule has 1 aromatic heterocycles. The summed E-state index contributed by atoms with van der Waals surface area (Å²) in [5, 5.41) is 1.27. The maximum absolute atomic E-state index is 4.62. The van der Waals surface area contributed by atoms with Gasteiger partial charge in [0.25, 0.3) is 0 Å². The molecule has 0 spiro atoms. The molecule has 1 aromatic carbocycles. The molecule has 0 amide bonds. The molecule has 0 saturated heterocycles. The molecule has 0 aliphatic rings. The summed E-state index contributed by atoms with van der Waals surface area (Å²) in [6.45, 7) is 10.8. The van der Waals surface area contributed by atoms with Gasteiger partial charge in [-0.2, -0.15) is 0 Å². The smallest absolute Gasteiger partial charge is 0.0934 e. The molecule has 0 N–H and O–H groups in total. The van der Waals surface area contributed by atoms with Gasteiger partial charge >= 0.3 is 0 Å². The van der Waals surface area contributed by atoms with E-state index in [4.69, 9.17) is 0 Å². The Morgan fingerprint density at radius 2 is 1.56 bits per heavy atom. The van der Waals surface area contributed by atoms with Crippen molar-refractivity contribution in [1.82, 2.24) is 4.98 Å². The molecule has 1 heterocycles. The molecule has 2 heteroatoms. The van der Waals surface area contributed by atoms with Crippen molar-refractivity contribution in [3.63, 3.8) is 0 Å². The van der Waals surface area contributed by atoms with Gasteiger partial charge in [-0.1, -0.05) is 17.7 Å². The first kappa shape index (κ1) is 13.3. The molecule has 0 bridgehead atoms. The Bertz CT molecular complexity index is 524. The molecule has 1 nitrogen and oxygen atoms in total. The lowest BCUT2D eigenvalue weighted by Crippen LogP contribution is -1.98. The van der Waals surface area contributed by atoms with Gasteiger partial charge in [0.2, 0.25) is 0 Å². The van der Waals surface area contributed by atoms with E-state index in [0.29, 0.717) is 0 Å². The highest BCUT2D eigenvalue weighted by atomic mass is 32.1. The van der Waals surface area contributed by atoms with Crippen LogP contribution < -0.4 is 0 Å². The molecular formula is C16H21NS. The fraction of sp³-hybridized carbons (Fsp3) is 0.438. The van der Waals surface area contributed by atoms with Crippen molar-refractivity contribution in [2.75, 3.05) is 0 Å². The predicted octanol–water partition coefficient (Wildman–Crippen LogP) is 4.47. The second kappa shape index (κ2) is 5.23. The summed E-state index contributed by atoms with van der Waals surface area (Å²) >= 11 is 1.84. The SMILES string of the molecule is Cc1cc(C)c(CCc2nc(C)c(C)s2)c(C)c1. The summed E-state index contributed by atoms with van der Waals surface area (Å²) in [7, 11) is 0. The lowest BCUT2D eigenvalue weighted by molar-refractivity contribution is 0.916. The normalized spacial score (nSPS) is 10.9. The third kappa shape index (κ3) is 2.81. The van der Waals surface area contributed by atoms with Crippen LogP contribution in [0.25, 0.3) is 0 Å². The molecule has 0 atom stereocenters. The fourth-order valence-corrected chi connectivity index (χ4v) is 3.42. The molecule has 18 heavy (non-hydrogen) atoms. The van der Waals surface area contributed by atoms with E-state index in [0.717, 1.165) is 12.8 Å². The van der Waals surface area contributed by atoms with Gasteiger partial charge in [-0.15, -0.1) is 11.3 Å². The van der Waals surface area contributed by atoms with Crippen molar-refractivity contribution in [2.24, 2.45) is 0 Å². The van der Waals surface area contributed by atoms with Crippen LogP contribution in [0, 0.1) is 34.6 Å². The summed E-state index contributed by atoms with van der Waals surface area (Å²) in [6, 6.07) is 4.56. The minimum Gasteiger partial charge on any atom is -0.246 e. The van der Waals surface area contributed by atoms with Gasteiger partial charge in [-0.25, -0.2) is 4.98 Å². The predicted molar refractivity (Wildman–Crippen MR) is 79.6 cm³/mol. The number of benzene rings is 1. The Hall–Kier alpha value is -1.15. The van der Waals surface area contributed by atoms with Crippen molar-refractivity contribution in [3.05, 3.63) is 50.0 Å². The van der Waals surface area contributed by atoms with E-state index < -0.39 is 0 Å². The molecule has 0 fully saturated rings. The van der Waals surface area contributed by atoms with Crippen LogP contribution in [0.1, 0.15) is 37.8 Å². The standard InChI is InChI=1S/C16H21NS/c1-10-8-11(2)15(12(3)9-10)6-7-16-17-13(4)14(5)18-16/h8-9H,6-7H2,1-5H3. The highest BCUT2D eigenvalue weighted by Gasteiger charge is 2.07. The summed E-state index contributed by atoms with van der Waals surface area (Å²) < 4.78 is 0. The number of nitrogens with zero attached hydrogens (tertiary/aromatic N) is 1. The summed E-state index contributed by atoms with van der Waals surface area (Å²) in [5.74, 6) is 0. The van der Waals surface area contributed by atoms with Crippen molar-refractivity contribution >= 4 is 11.3 Å². The zero-order valence-corrected chi connectivity index (χ0v) is 12.7. The minimum absolute atomic E-state index is 1.06. The highest BCUT2D eigenvalue weighted by molar-refractivity contribution is 7.11. The van der Waals surface area contributed by atoms with E-state index in [9.17, 15) is 0 Å². The third-order valence-corrected chi connectivity index (χ3v) is 4.63. The van der Waals surface area contributed by atoms with Crippen LogP contribution in [0.4, 0.5) is 0 Å². The minimum atomic E-state index is 1.06. The Kier molecular flexibility index (Phi) is 3.86. The lowest BCUT2D eigenvalue weighted by atomic mass is 9.96. The van der Waals surface area contributed by atoms with Crippen LogP contribution in [-0.4, -0.2) is 4.98 Å². The van der Waals surface area contributed by atoms with Crippen molar-refractivity contribution in [3.8, 4) is 0 Å². The lowest BCUT2D eigenvalue weighted by Gasteiger charge is -2.10. The van der Waals surface area contributed by atoms with E-state index in [2.05, 4.69) is 51.7 Å². The first-order valence-corrected chi connectivity index (χ1v) is 7.28. The van der Waals surface area contributed by atoms with E-state index in [-0.39, 0.29) is 0 Å². The molecule has 96 valence electrons. The molecule has 0 saturated carbocycles. The summed E-state index contributed by atoms with van der Waals surface area (Å²) in [4.78, 5) is 5.97. The van der Waals surface area contributed by atoms with Crippen LogP contribution in [0.15, 0.2) is 12.1 Å². The van der Waals surface area contributed by atoms with Crippen LogP contribution in [0.5, 0.6) is 0 Å². The van der Waals surface area contributed by atoms with Gasteiger partial charge in [-0.05, 0) is 57.7 Å². The number of hydrogen-bond acceptors (Lipinski definition) is 2. The average molecular weight is 259 g/mol. The zero-order valence-electron chi connectivity index (χ0n) is 11.9. The fourth-order valence-electron chi connectivity index (χ4n) is 2.48. The van der Waals surface area contributed by atoms with Gasteiger partial charge in [-0.3, -0.25) is 0 Å². The Labute approximate surface area is 114 Å². The number of hydrogen-bond donors (Lipinski definition) is 0. The van der Waals surface area contributed by atoms with Gasteiger partial charge < -0.3 is 0 Å². The van der Waals surface area contributed by atoms with Crippen LogP contribution >= 0.6 is 11.3 Å². The molecule has 2 rings (SSSR count). The molecule has 0 unspecified atom stereocenters. The van der Waals surface area contributed by atoms with E-state index >= 15 is 0 Å². The van der Waals surface area contributed by atoms with Crippen molar-refractivity contribution < 1.29 is 0 Å². The topological polar surface area (TPSA) is 12.9 Å². The van der Waals surface area contributed by atoms with E-state index in [1.54, 1.807) is 0 Å². The quantitative estimate of drug-likeness (QED) is 0.792. The van der Waals surface area contributed by atoms with E-state index in [1.165, 1.54) is 37.8 Å². The molecule has 0 aliphatic carbocycles. The molecule has 0 radical (unpaired) electrons. The maximum Gasteiger partial charge on any atom is 0.0934 e. The maximum atomic E-state index is 4.62. The first-order valence-electron chi connectivity index (χ1n) is 6.47. The number of aryl methyl sites for hydroxylation is 6. The molecular weight excluding hydrogens is 238 g/mol. The van der Waals surface area contributed by atoms with Crippen LogP contribution in [0.3, 0.4) is 0 Å². The van der Waals surface area contributed by atoms with Gasteiger partial charge in [0.1, 0.15) is 0 Å². The molecule has 0 aliphatic heterocycles. The number of aromatic nitrogens is 1. The number of thiazole rings is 1.